The molecule has 1 amide bonds. The van der Waals surface area contributed by atoms with Crippen molar-refractivity contribution in [1.29, 1.82) is 0 Å². The Kier molecular flexibility index (Phi) is 5.14. The standard InChI is InChI=1S/C22H26F3N3O2/c1-21(2,3)11-26-19(29)16-13-4-5-14(10-13)17(16)20-27-18(28-30-20)12-6-8-15(9-7-12)22(23,24)25/h6-9,13-14,16-17H,4-5,10-11H2,1-3H3,(H,26,29)/t13-,14+,16-,17-/m0/s1. The molecule has 2 saturated carbocycles. The molecule has 0 unspecified atom stereocenters. The molecule has 0 saturated heterocycles. The lowest BCUT2D eigenvalue weighted by atomic mass is 9.78. The number of hydrogen-bond acceptors (Lipinski definition) is 4. The highest BCUT2D eigenvalue weighted by molar-refractivity contribution is 5.80. The minimum absolute atomic E-state index is 0.0109. The van der Waals surface area contributed by atoms with E-state index in [0.717, 1.165) is 31.4 Å². The van der Waals surface area contributed by atoms with Crippen molar-refractivity contribution in [3.63, 3.8) is 0 Å². The molecular weight excluding hydrogens is 395 g/mol. The fraction of sp³-hybridized carbons (Fsp3) is 0.591. The molecule has 162 valence electrons. The summed E-state index contributed by atoms with van der Waals surface area (Å²) < 4.78 is 43.9. The van der Waals surface area contributed by atoms with Crippen LogP contribution in [0.3, 0.4) is 0 Å². The number of aromatic nitrogens is 2. The number of nitrogens with one attached hydrogen (secondary N) is 1. The Morgan fingerprint density at radius 1 is 1.13 bits per heavy atom. The van der Waals surface area contributed by atoms with Crippen LogP contribution >= 0.6 is 0 Å². The lowest BCUT2D eigenvalue weighted by Crippen LogP contribution is -2.41. The van der Waals surface area contributed by atoms with Gasteiger partial charge in [-0.1, -0.05) is 38.1 Å². The second kappa shape index (κ2) is 7.39. The van der Waals surface area contributed by atoms with E-state index >= 15 is 0 Å². The van der Waals surface area contributed by atoms with Crippen LogP contribution in [0.4, 0.5) is 13.2 Å². The van der Waals surface area contributed by atoms with Crippen LogP contribution in [-0.2, 0) is 11.0 Å². The van der Waals surface area contributed by atoms with Gasteiger partial charge < -0.3 is 9.84 Å². The Hall–Kier alpha value is -2.38. The van der Waals surface area contributed by atoms with Crippen LogP contribution in [0.25, 0.3) is 11.4 Å². The fourth-order valence-corrected chi connectivity index (χ4v) is 4.79. The number of carbonyl (C=O) groups excluding carboxylic acids is 1. The predicted octanol–water partition coefficient (Wildman–Crippen LogP) is 5.05. The molecule has 0 spiro atoms. The summed E-state index contributed by atoms with van der Waals surface area (Å²) in [6, 6.07) is 4.69. The van der Waals surface area contributed by atoms with Gasteiger partial charge in [0.2, 0.25) is 17.6 Å². The zero-order valence-electron chi connectivity index (χ0n) is 17.3. The molecule has 2 bridgehead atoms. The van der Waals surface area contributed by atoms with Crippen molar-refractivity contribution in [2.75, 3.05) is 6.54 Å². The van der Waals surface area contributed by atoms with Gasteiger partial charge in [-0.15, -0.1) is 0 Å². The lowest BCUT2D eigenvalue weighted by Gasteiger charge is -2.29. The highest BCUT2D eigenvalue weighted by atomic mass is 19.4. The van der Waals surface area contributed by atoms with Gasteiger partial charge in [0, 0.05) is 12.1 Å². The number of benzene rings is 1. The van der Waals surface area contributed by atoms with Crippen molar-refractivity contribution in [1.82, 2.24) is 15.5 Å². The molecular formula is C22H26F3N3O2. The number of carbonyl (C=O) groups is 1. The largest absolute Gasteiger partial charge is 0.416 e. The maximum Gasteiger partial charge on any atom is 0.416 e. The minimum atomic E-state index is -4.39. The summed E-state index contributed by atoms with van der Waals surface area (Å²) in [7, 11) is 0. The monoisotopic (exact) mass is 421 g/mol. The third kappa shape index (κ3) is 4.09. The second-order valence-corrected chi connectivity index (χ2v) is 9.69. The number of amides is 1. The van der Waals surface area contributed by atoms with Crippen molar-refractivity contribution >= 4 is 5.91 Å². The molecule has 0 radical (unpaired) electrons. The third-order valence-corrected chi connectivity index (χ3v) is 6.21. The van der Waals surface area contributed by atoms with Crippen LogP contribution in [0.2, 0.25) is 0 Å². The van der Waals surface area contributed by atoms with E-state index in [1.54, 1.807) is 0 Å². The minimum Gasteiger partial charge on any atom is -0.355 e. The van der Waals surface area contributed by atoms with E-state index in [-0.39, 0.29) is 29.0 Å². The molecule has 4 rings (SSSR count). The first-order chi connectivity index (χ1) is 14.0. The van der Waals surface area contributed by atoms with Crippen molar-refractivity contribution in [3.8, 4) is 11.4 Å². The molecule has 2 aliphatic carbocycles. The Morgan fingerprint density at radius 3 is 2.43 bits per heavy atom. The van der Waals surface area contributed by atoms with Crippen molar-refractivity contribution in [2.45, 2.75) is 52.1 Å². The fourth-order valence-electron chi connectivity index (χ4n) is 4.79. The van der Waals surface area contributed by atoms with Gasteiger partial charge in [0.25, 0.3) is 0 Å². The molecule has 1 aromatic heterocycles. The van der Waals surface area contributed by atoms with Crippen molar-refractivity contribution in [3.05, 3.63) is 35.7 Å². The van der Waals surface area contributed by atoms with Crippen LogP contribution in [0, 0.1) is 23.2 Å². The molecule has 2 aliphatic rings. The van der Waals surface area contributed by atoms with Gasteiger partial charge in [-0.05, 0) is 48.6 Å². The van der Waals surface area contributed by atoms with Gasteiger partial charge in [-0.2, -0.15) is 18.2 Å². The quantitative estimate of drug-likeness (QED) is 0.750. The molecule has 30 heavy (non-hydrogen) atoms. The van der Waals surface area contributed by atoms with Gasteiger partial charge in [0.05, 0.1) is 17.4 Å². The summed E-state index contributed by atoms with van der Waals surface area (Å²) >= 11 is 0. The van der Waals surface area contributed by atoms with E-state index in [0.29, 0.717) is 29.8 Å². The van der Waals surface area contributed by atoms with E-state index in [2.05, 4.69) is 36.2 Å². The molecule has 2 fully saturated rings. The Morgan fingerprint density at radius 2 is 1.80 bits per heavy atom. The molecule has 5 nitrogen and oxygen atoms in total. The molecule has 8 heteroatoms. The van der Waals surface area contributed by atoms with E-state index in [1.807, 2.05) is 0 Å². The zero-order valence-corrected chi connectivity index (χ0v) is 17.3. The molecule has 4 atom stereocenters. The predicted molar refractivity (Wildman–Crippen MR) is 104 cm³/mol. The van der Waals surface area contributed by atoms with Gasteiger partial charge in [-0.25, -0.2) is 0 Å². The molecule has 1 aromatic carbocycles. The van der Waals surface area contributed by atoms with Crippen LogP contribution in [-0.4, -0.2) is 22.6 Å². The Bertz CT molecular complexity index is 915. The first-order valence-electron chi connectivity index (χ1n) is 10.3. The van der Waals surface area contributed by atoms with Gasteiger partial charge in [0.15, 0.2) is 0 Å². The number of halogens is 3. The number of alkyl halides is 3. The van der Waals surface area contributed by atoms with Gasteiger partial charge in [0.1, 0.15) is 0 Å². The molecule has 0 aliphatic heterocycles. The SMILES string of the molecule is CC(C)(C)CNC(=O)[C@H]1[C@H]2CC[C@H](C2)[C@@H]1c1nc(-c2ccc(C(F)(F)F)cc2)no1. The molecule has 2 aromatic rings. The number of nitrogens with zero attached hydrogens (tertiary/aromatic N) is 2. The summed E-state index contributed by atoms with van der Waals surface area (Å²) in [6.45, 7) is 6.80. The smallest absolute Gasteiger partial charge is 0.355 e. The Balaban J connectivity index is 1.54. The van der Waals surface area contributed by atoms with E-state index in [9.17, 15) is 18.0 Å². The van der Waals surface area contributed by atoms with Crippen molar-refractivity contribution < 1.29 is 22.5 Å². The maximum absolute atomic E-state index is 13.0. The Labute approximate surface area is 173 Å². The molecule has 1 heterocycles. The maximum atomic E-state index is 13.0. The topological polar surface area (TPSA) is 68.0 Å². The summed E-state index contributed by atoms with van der Waals surface area (Å²) in [5.41, 5.74) is -0.281. The normalized spacial score (nSPS) is 26.2. The van der Waals surface area contributed by atoms with Crippen LogP contribution in [0.15, 0.2) is 28.8 Å². The first-order valence-corrected chi connectivity index (χ1v) is 10.3. The van der Waals surface area contributed by atoms with Gasteiger partial charge in [-0.3, -0.25) is 4.79 Å². The summed E-state index contributed by atoms with van der Waals surface area (Å²) in [5, 5.41) is 7.06. The highest BCUT2D eigenvalue weighted by Gasteiger charge is 2.53. The third-order valence-electron chi connectivity index (χ3n) is 6.21. The number of fused-ring (bicyclic) bond motifs is 2. The van der Waals surface area contributed by atoms with Crippen LogP contribution in [0.1, 0.15) is 57.4 Å². The lowest BCUT2D eigenvalue weighted by molar-refractivity contribution is -0.137. The van der Waals surface area contributed by atoms with Crippen LogP contribution < -0.4 is 5.32 Å². The summed E-state index contributed by atoms with van der Waals surface area (Å²) in [5.74, 6) is 0.967. The summed E-state index contributed by atoms with van der Waals surface area (Å²) in [6.07, 6.45) is -1.38. The average Bonchev–Trinajstić information content (AvgIpc) is 3.40. The average molecular weight is 421 g/mol. The second-order valence-electron chi connectivity index (χ2n) is 9.69. The first kappa shape index (κ1) is 20.9. The molecule has 1 N–H and O–H groups in total. The number of hydrogen-bond donors (Lipinski definition) is 1. The number of rotatable bonds is 4. The highest BCUT2D eigenvalue weighted by Crippen LogP contribution is 2.56. The van der Waals surface area contributed by atoms with Crippen molar-refractivity contribution in [2.24, 2.45) is 23.2 Å². The van der Waals surface area contributed by atoms with E-state index in [4.69, 9.17) is 4.52 Å². The van der Waals surface area contributed by atoms with E-state index in [1.165, 1.54) is 12.1 Å². The van der Waals surface area contributed by atoms with E-state index < -0.39 is 11.7 Å². The van der Waals surface area contributed by atoms with Gasteiger partial charge >= 0.3 is 6.18 Å². The van der Waals surface area contributed by atoms with Crippen LogP contribution in [0.5, 0.6) is 0 Å². The summed E-state index contributed by atoms with van der Waals surface area (Å²) in [4.78, 5) is 17.4. The zero-order chi connectivity index (χ0) is 21.7.